The van der Waals surface area contributed by atoms with Crippen LogP contribution in [0.15, 0.2) is 58.8 Å². The highest BCUT2D eigenvalue weighted by Crippen LogP contribution is 2.21. The highest BCUT2D eigenvalue weighted by atomic mass is 16.4. The third-order valence-electron chi connectivity index (χ3n) is 3.24. The molecule has 2 rings (SSSR count). The van der Waals surface area contributed by atoms with Gasteiger partial charge in [-0.15, -0.1) is 0 Å². The maximum atomic E-state index is 8.74. The van der Waals surface area contributed by atoms with Gasteiger partial charge >= 0.3 is 0 Å². The molecule has 102 valence electrons. The summed E-state index contributed by atoms with van der Waals surface area (Å²) in [6.07, 6.45) is 0. The van der Waals surface area contributed by atoms with E-state index in [2.05, 4.69) is 10.3 Å². The molecule has 2 aromatic rings. The molecular weight excluding hydrogens is 252 g/mol. The van der Waals surface area contributed by atoms with Gasteiger partial charge in [0.25, 0.3) is 0 Å². The first-order chi connectivity index (χ1) is 9.65. The average molecular weight is 268 g/mol. The van der Waals surface area contributed by atoms with Crippen molar-refractivity contribution in [2.75, 3.05) is 0 Å². The van der Waals surface area contributed by atoms with Gasteiger partial charge in [0.1, 0.15) is 0 Å². The standard InChI is InChI=1S/C16H16N2O2/c1-11(17-19)13-3-7-15(8-4-13)16-9-5-14(6-10-16)12(2)18-20/h3-10,19-20H,1-2H3/b17-11-,18-12-. The van der Waals surface area contributed by atoms with Crippen molar-refractivity contribution < 1.29 is 10.4 Å². The molecule has 0 aliphatic heterocycles. The predicted octanol–water partition coefficient (Wildman–Crippen LogP) is 3.75. The van der Waals surface area contributed by atoms with Crippen LogP contribution in [0.2, 0.25) is 0 Å². The van der Waals surface area contributed by atoms with E-state index in [1.54, 1.807) is 13.8 Å². The highest BCUT2D eigenvalue weighted by Gasteiger charge is 2.02. The van der Waals surface area contributed by atoms with Gasteiger partial charge in [-0.2, -0.15) is 0 Å². The molecule has 0 unspecified atom stereocenters. The lowest BCUT2D eigenvalue weighted by atomic mass is 10.0. The van der Waals surface area contributed by atoms with Crippen LogP contribution >= 0.6 is 0 Å². The fraction of sp³-hybridized carbons (Fsp3) is 0.125. The number of hydrogen-bond donors (Lipinski definition) is 2. The molecule has 0 amide bonds. The Kier molecular flexibility index (Phi) is 4.15. The molecule has 0 saturated heterocycles. The lowest BCUT2D eigenvalue weighted by Crippen LogP contribution is -1.95. The van der Waals surface area contributed by atoms with Crippen molar-refractivity contribution in [1.82, 2.24) is 0 Å². The summed E-state index contributed by atoms with van der Waals surface area (Å²) in [7, 11) is 0. The van der Waals surface area contributed by atoms with Gasteiger partial charge in [0.2, 0.25) is 0 Å². The summed E-state index contributed by atoms with van der Waals surface area (Å²) < 4.78 is 0. The Morgan fingerprint density at radius 3 is 1.20 bits per heavy atom. The van der Waals surface area contributed by atoms with E-state index in [-0.39, 0.29) is 0 Å². The fourth-order valence-electron chi connectivity index (χ4n) is 1.92. The van der Waals surface area contributed by atoms with Crippen LogP contribution in [0.4, 0.5) is 0 Å². The van der Waals surface area contributed by atoms with E-state index in [0.717, 1.165) is 22.3 Å². The van der Waals surface area contributed by atoms with Gasteiger partial charge in [0.05, 0.1) is 11.4 Å². The van der Waals surface area contributed by atoms with Gasteiger partial charge < -0.3 is 10.4 Å². The van der Waals surface area contributed by atoms with Crippen LogP contribution in [0, 0.1) is 0 Å². The van der Waals surface area contributed by atoms with Gasteiger partial charge in [0, 0.05) is 0 Å². The number of oxime groups is 2. The Labute approximate surface area is 117 Å². The molecule has 4 nitrogen and oxygen atoms in total. The molecule has 4 heteroatoms. The Hall–Kier alpha value is -2.62. The Bertz CT molecular complexity index is 582. The van der Waals surface area contributed by atoms with Crippen LogP contribution in [0.1, 0.15) is 25.0 Å². The van der Waals surface area contributed by atoms with Gasteiger partial charge in [0.15, 0.2) is 0 Å². The van der Waals surface area contributed by atoms with Crippen LogP contribution in [0.3, 0.4) is 0 Å². The Morgan fingerprint density at radius 1 is 0.650 bits per heavy atom. The van der Waals surface area contributed by atoms with Crippen molar-refractivity contribution >= 4 is 11.4 Å². The van der Waals surface area contributed by atoms with Crippen LogP contribution in [0.25, 0.3) is 11.1 Å². The molecular formula is C16H16N2O2. The van der Waals surface area contributed by atoms with E-state index in [1.807, 2.05) is 48.5 Å². The van der Waals surface area contributed by atoms with Crippen molar-refractivity contribution in [3.8, 4) is 11.1 Å². The molecule has 0 atom stereocenters. The van der Waals surface area contributed by atoms with Crippen molar-refractivity contribution in [3.63, 3.8) is 0 Å². The van der Waals surface area contributed by atoms with E-state index in [0.29, 0.717) is 11.4 Å². The molecule has 0 spiro atoms. The summed E-state index contributed by atoms with van der Waals surface area (Å²) in [5.41, 5.74) is 5.09. The number of hydrogen-bond acceptors (Lipinski definition) is 4. The first-order valence-corrected chi connectivity index (χ1v) is 6.24. The number of nitrogens with zero attached hydrogens (tertiary/aromatic N) is 2. The second-order valence-corrected chi connectivity index (χ2v) is 4.53. The third kappa shape index (κ3) is 2.85. The summed E-state index contributed by atoms with van der Waals surface area (Å²) in [5.74, 6) is 0. The summed E-state index contributed by atoms with van der Waals surface area (Å²) in [5, 5.41) is 23.8. The van der Waals surface area contributed by atoms with Crippen LogP contribution in [-0.2, 0) is 0 Å². The number of benzene rings is 2. The topological polar surface area (TPSA) is 65.2 Å². The van der Waals surface area contributed by atoms with Crippen molar-refractivity contribution in [2.45, 2.75) is 13.8 Å². The summed E-state index contributed by atoms with van der Waals surface area (Å²) in [6, 6.07) is 15.6. The zero-order chi connectivity index (χ0) is 14.5. The van der Waals surface area contributed by atoms with Crippen LogP contribution in [-0.4, -0.2) is 21.8 Å². The lowest BCUT2D eigenvalue weighted by Gasteiger charge is -2.05. The van der Waals surface area contributed by atoms with Gasteiger partial charge in [-0.05, 0) is 36.1 Å². The first kappa shape index (κ1) is 13.8. The minimum absolute atomic E-state index is 0.585. The van der Waals surface area contributed by atoms with Crippen molar-refractivity contribution in [3.05, 3.63) is 59.7 Å². The van der Waals surface area contributed by atoms with Crippen LogP contribution in [0.5, 0.6) is 0 Å². The minimum Gasteiger partial charge on any atom is -0.411 e. The highest BCUT2D eigenvalue weighted by molar-refractivity contribution is 5.99. The number of rotatable bonds is 3. The first-order valence-electron chi connectivity index (χ1n) is 6.24. The second-order valence-electron chi connectivity index (χ2n) is 4.53. The quantitative estimate of drug-likeness (QED) is 0.506. The molecule has 2 N–H and O–H groups in total. The van der Waals surface area contributed by atoms with E-state index in [1.165, 1.54) is 0 Å². The third-order valence-corrected chi connectivity index (χ3v) is 3.24. The molecule has 0 radical (unpaired) electrons. The lowest BCUT2D eigenvalue weighted by molar-refractivity contribution is 0.319. The molecule has 0 aromatic heterocycles. The average Bonchev–Trinajstić information content (AvgIpc) is 2.53. The Balaban J connectivity index is 2.28. The zero-order valence-corrected chi connectivity index (χ0v) is 11.4. The van der Waals surface area contributed by atoms with Crippen molar-refractivity contribution in [1.29, 1.82) is 0 Å². The summed E-state index contributed by atoms with van der Waals surface area (Å²) in [4.78, 5) is 0. The second kappa shape index (κ2) is 6.02. The van der Waals surface area contributed by atoms with Crippen molar-refractivity contribution in [2.24, 2.45) is 10.3 Å². The van der Waals surface area contributed by atoms with Gasteiger partial charge in [-0.1, -0.05) is 58.8 Å². The molecule has 20 heavy (non-hydrogen) atoms. The molecule has 0 aliphatic rings. The van der Waals surface area contributed by atoms with Crippen LogP contribution < -0.4 is 0 Å². The molecule has 0 bridgehead atoms. The largest absolute Gasteiger partial charge is 0.411 e. The predicted molar refractivity (Wildman–Crippen MR) is 79.9 cm³/mol. The maximum absolute atomic E-state index is 8.74. The van der Waals surface area contributed by atoms with E-state index in [9.17, 15) is 0 Å². The molecule has 0 fully saturated rings. The van der Waals surface area contributed by atoms with E-state index >= 15 is 0 Å². The van der Waals surface area contributed by atoms with Gasteiger partial charge in [-0.3, -0.25) is 0 Å². The summed E-state index contributed by atoms with van der Waals surface area (Å²) in [6.45, 7) is 3.50. The molecule has 0 heterocycles. The maximum Gasteiger partial charge on any atom is 0.0836 e. The zero-order valence-electron chi connectivity index (χ0n) is 11.4. The normalized spacial score (nSPS) is 12.5. The fourth-order valence-corrected chi connectivity index (χ4v) is 1.92. The van der Waals surface area contributed by atoms with E-state index in [4.69, 9.17) is 10.4 Å². The van der Waals surface area contributed by atoms with Gasteiger partial charge in [-0.25, -0.2) is 0 Å². The molecule has 0 saturated carbocycles. The molecule has 0 aliphatic carbocycles. The SMILES string of the molecule is C/C(=N/O)c1ccc(-c2ccc(/C(C)=N\O)cc2)cc1. The van der Waals surface area contributed by atoms with E-state index < -0.39 is 0 Å². The summed E-state index contributed by atoms with van der Waals surface area (Å²) >= 11 is 0. The monoisotopic (exact) mass is 268 g/mol. The Morgan fingerprint density at radius 2 is 0.950 bits per heavy atom. The minimum atomic E-state index is 0.585. The smallest absolute Gasteiger partial charge is 0.0836 e. The molecule has 2 aromatic carbocycles.